The normalized spacial score (nSPS) is 10.4. The summed E-state index contributed by atoms with van der Waals surface area (Å²) >= 11 is 5.67. The van der Waals surface area contributed by atoms with E-state index in [0.29, 0.717) is 5.82 Å². The molecule has 2 N–H and O–H groups in total. The summed E-state index contributed by atoms with van der Waals surface area (Å²) in [6, 6.07) is 4.19. The van der Waals surface area contributed by atoms with E-state index in [0.717, 1.165) is 0 Å². The van der Waals surface area contributed by atoms with Gasteiger partial charge < -0.3 is 10.4 Å². The molecule has 3 heterocycles. The number of aromatic nitrogens is 6. The molecule has 0 bridgehead atoms. The van der Waals surface area contributed by atoms with Gasteiger partial charge in [-0.05, 0) is 12.1 Å². The van der Waals surface area contributed by atoms with Gasteiger partial charge in [0.05, 0.1) is 5.69 Å². The first-order chi connectivity index (χ1) is 11.5. The van der Waals surface area contributed by atoms with Gasteiger partial charge in [0.1, 0.15) is 6.33 Å². The quantitative estimate of drug-likeness (QED) is 0.716. The summed E-state index contributed by atoms with van der Waals surface area (Å²) in [6.07, 6.45) is 4.79. The minimum Gasteiger partial charge on any atom is -0.476 e. The first-order valence-electron chi connectivity index (χ1n) is 6.44. The van der Waals surface area contributed by atoms with Crippen molar-refractivity contribution < 1.29 is 14.7 Å². The zero-order valence-corrected chi connectivity index (χ0v) is 12.5. The summed E-state index contributed by atoms with van der Waals surface area (Å²) in [5, 5.41) is 25.9. The van der Waals surface area contributed by atoms with E-state index in [9.17, 15) is 9.59 Å². The highest BCUT2D eigenvalue weighted by atomic mass is 35.5. The van der Waals surface area contributed by atoms with Gasteiger partial charge in [0.25, 0.3) is 5.91 Å². The first kappa shape index (κ1) is 15.5. The lowest BCUT2D eigenvalue weighted by Gasteiger charge is -2.07. The van der Waals surface area contributed by atoms with Crippen molar-refractivity contribution in [2.45, 2.75) is 0 Å². The maximum absolute atomic E-state index is 12.2. The Morgan fingerprint density at radius 3 is 2.62 bits per heavy atom. The van der Waals surface area contributed by atoms with Gasteiger partial charge in [0, 0.05) is 18.5 Å². The minimum absolute atomic E-state index is 0.0110. The second kappa shape index (κ2) is 6.38. The Bertz CT molecular complexity index is 896. The van der Waals surface area contributed by atoms with Crippen molar-refractivity contribution in [2.75, 3.05) is 5.32 Å². The molecule has 3 aromatic rings. The van der Waals surface area contributed by atoms with E-state index in [2.05, 4.69) is 30.7 Å². The van der Waals surface area contributed by atoms with Crippen LogP contribution in [0.2, 0.25) is 5.15 Å². The second-order valence-corrected chi connectivity index (χ2v) is 4.82. The van der Waals surface area contributed by atoms with Crippen LogP contribution in [0.4, 0.5) is 5.69 Å². The maximum atomic E-state index is 12.2. The highest BCUT2D eigenvalue weighted by Gasteiger charge is 2.17. The molecule has 0 spiro atoms. The molecule has 0 saturated carbocycles. The maximum Gasteiger partial charge on any atom is 0.358 e. The molecule has 0 unspecified atom stereocenters. The van der Waals surface area contributed by atoms with E-state index < -0.39 is 17.6 Å². The average molecular weight is 346 g/mol. The molecule has 3 rings (SSSR count). The highest BCUT2D eigenvalue weighted by Crippen LogP contribution is 2.17. The zero-order chi connectivity index (χ0) is 17.1. The van der Waals surface area contributed by atoms with Crippen LogP contribution >= 0.6 is 11.6 Å². The van der Waals surface area contributed by atoms with Crippen LogP contribution in [0.5, 0.6) is 0 Å². The number of nitrogens with one attached hydrogen (secondary N) is 1. The van der Waals surface area contributed by atoms with Crippen LogP contribution in [0.15, 0.2) is 36.9 Å². The smallest absolute Gasteiger partial charge is 0.358 e. The third-order valence-electron chi connectivity index (χ3n) is 2.87. The topological polar surface area (TPSA) is 136 Å². The SMILES string of the molecule is O=C(Nc1cc(Cl)nnc1C(=O)O)c1ccc(-n2ccnc2)nn1. The number of carbonyl (C=O) groups is 2. The molecule has 0 aromatic carbocycles. The molecule has 0 atom stereocenters. The number of hydrogen-bond donors (Lipinski definition) is 2. The summed E-state index contributed by atoms with van der Waals surface area (Å²) < 4.78 is 1.61. The van der Waals surface area contributed by atoms with Crippen LogP contribution in [0, 0.1) is 0 Å². The van der Waals surface area contributed by atoms with Gasteiger partial charge in [-0.1, -0.05) is 11.6 Å². The van der Waals surface area contributed by atoms with Crippen molar-refractivity contribution in [1.82, 2.24) is 29.9 Å². The summed E-state index contributed by atoms with van der Waals surface area (Å²) in [5.74, 6) is -1.54. The number of carbonyl (C=O) groups excluding carboxylic acids is 1. The summed E-state index contributed by atoms with van der Waals surface area (Å²) in [6.45, 7) is 0. The lowest BCUT2D eigenvalue weighted by atomic mass is 10.3. The predicted molar refractivity (Wildman–Crippen MR) is 81.1 cm³/mol. The molecule has 0 aliphatic carbocycles. The van der Waals surface area contributed by atoms with Crippen LogP contribution in [0.1, 0.15) is 21.0 Å². The monoisotopic (exact) mass is 345 g/mol. The molecule has 10 nitrogen and oxygen atoms in total. The van der Waals surface area contributed by atoms with Crippen LogP contribution in [-0.4, -0.2) is 46.9 Å². The lowest BCUT2D eigenvalue weighted by molar-refractivity contribution is 0.0690. The molecule has 0 radical (unpaired) electrons. The Hall–Kier alpha value is -3.40. The van der Waals surface area contributed by atoms with Crippen molar-refractivity contribution in [3.63, 3.8) is 0 Å². The molecule has 0 aliphatic rings. The second-order valence-electron chi connectivity index (χ2n) is 4.44. The number of rotatable bonds is 4. The van der Waals surface area contributed by atoms with Crippen molar-refractivity contribution in [2.24, 2.45) is 0 Å². The Kier molecular flexibility index (Phi) is 4.12. The number of aromatic carboxylic acids is 1. The number of nitrogens with zero attached hydrogens (tertiary/aromatic N) is 6. The fraction of sp³-hybridized carbons (Fsp3) is 0. The number of anilines is 1. The minimum atomic E-state index is -1.35. The van der Waals surface area contributed by atoms with E-state index in [4.69, 9.17) is 16.7 Å². The van der Waals surface area contributed by atoms with Crippen LogP contribution < -0.4 is 5.32 Å². The molecule has 0 saturated heterocycles. The molecular weight excluding hydrogens is 338 g/mol. The van der Waals surface area contributed by atoms with Gasteiger partial charge >= 0.3 is 5.97 Å². The third-order valence-corrected chi connectivity index (χ3v) is 3.05. The van der Waals surface area contributed by atoms with Crippen molar-refractivity contribution in [3.05, 3.63) is 53.5 Å². The highest BCUT2D eigenvalue weighted by molar-refractivity contribution is 6.29. The Labute approximate surface area is 139 Å². The number of carboxylic acid groups (broad SMARTS) is 1. The van der Waals surface area contributed by atoms with E-state index in [1.54, 1.807) is 23.0 Å². The van der Waals surface area contributed by atoms with Crippen LogP contribution in [0.25, 0.3) is 5.82 Å². The van der Waals surface area contributed by atoms with Gasteiger partial charge in [-0.2, -0.15) is 0 Å². The number of carboxylic acids is 1. The molecule has 3 aromatic heterocycles. The molecule has 120 valence electrons. The fourth-order valence-corrected chi connectivity index (χ4v) is 1.93. The standard InChI is InChI=1S/C13H8ClN7O3/c14-9-5-8(11(13(23)24)20-18-9)16-12(22)7-1-2-10(19-17-7)21-4-3-15-6-21/h1-6H,(H,23,24)(H,16,18,22). The number of halogens is 1. The Morgan fingerprint density at radius 2 is 2.00 bits per heavy atom. The van der Waals surface area contributed by atoms with E-state index in [1.807, 2.05) is 0 Å². The van der Waals surface area contributed by atoms with E-state index in [-0.39, 0.29) is 16.5 Å². The molecule has 11 heteroatoms. The van der Waals surface area contributed by atoms with Crippen molar-refractivity contribution in [3.8, 4) is 5.82 Å². The van der Waals surface area contributed by atoms with Gasteiger partial charge in [-0.25, -0.2) is 9.78 Å². The molecular formula is C13H8ClN7O3. The fourth-order valence-electron chi connectivity index (χ4n) is 1.79. The van der Waals surface area contributed by atoms with E-state index >= 15 is 0 Å². The first-order valence-corrected chi connectivity index (χ1v) is 6.82. The van der Waals surface area contributed by atoms with E-state index in [1.165, 1.54) is 18.5 Å². The third kappa shape index (κ3) is 3.17. The van der Waals surface area contributed by atoms with Crippen molar-refractivity contribution in [1.29, 1.82) is 0 Å². The van der Waals surface area contributed by atoms with Crippen molar-refractivity contribution >= 4 is 29.2 Å². The lowest BCUT2D eigenvalue weighted by Crippen LogP contribution is -2.18. The largest absolute Gasteiger partial charge is 0.476 e. The van der Waals surface area contributed by atoms with Crippen LogP contribution in [0.3, 0.4) is 0 Å². The van der Waals surface area contributed by atoms with Gasteiger partial charge in [-0.3, -0.25) is 9.36 Å². The predicted octanol–water partition coefficient (Wildman–Crippen LogP) is 1.06. The summed E-state index contributed by atoms with van der Waals surface area (Å²) in [5.41, 5.74) is -0.535. The molecule has 0 aliphatic heterocycles. The molecule has 24 heavy (non-hydrogen) atoms. The van der Waals surface area contributed by atoms with Crippen LogP contribution in [-0.2, 0) is 0 Å². The van der Waals surface area contributed by atoms with Gasteiger partial charge in [-0.15, -0.1) is 20.4 Å². The number of hydrogen-bond acceptors (Lipinski definition) is 7. The molecule has 1 amide bonds. The number of imidazole rings is 1. The summed E-state index contributed by atoms with van der Waals surface area (Å²) in [4.78, 5) is 27.2. The number of amides is 1. The Morgan fingerprint density at radius 1 is 1.17 bits per heavy atom. The van der Waals surface area contributed by atoms with Gasteiger partial charge in [0.15, 0.2) is 22.4 Å². The zero-order valence-electron chi connectivity index (χ0n) is 11.8. The average Bonchev–Trinajstić information content (AvgIpc) is 3.09. The van der Waals surface area contributed by atoms with Gasteiger partial charge in [0.2, 0.25) is 0 Å². The Balaban J connectivity index is 1.83. The summed E-state index contributed by atoms with van der Waals surface area (Å²) in [7, 11) is 0. The molecule has 0 fully saturated rings.